The topological polar surface area (TPSA) is 12.0 Å². The quantitative estimate of drug-likeness (QED) is 0.771. The third-order valence-corrected chi connectivity index (χ3v) is 3.60. The fraction of sp³-hybridized carbons (Fsp3) is 0.625. The molecule has 0 aromatic heterocycles. The molecule has 0 aliphatic carbocycles. The maximum Gasteiger partial charge on any atom is 0.123 e. The van der Waals surface area contributed by atoms with Gasteiger partial charge in [-0.1, -0.05) is 32.9 Å². The summed E-state index contributed by atoms with van der Waals surface area (Å²) in [5, 5.41) is 3.57. The standard InChI is InChI=1S/C16H26FN/c1-5-10-18-13(4)16(12(2)3)11-14-6-8-15(17)9-7-14/h6-9,12-13,16,18H,5,10-11H2,1-4H3. The summed E-state index contributed by atoms with van der Waals surface area (Å²) in [7, 11) is 0. The molecule has 0 amide bonds. The SMILES string of the molecule is CCCNC(C)C(Cc1ccc(F)cc1)C(C)C. The lowest BCUT2D eigenvalue weighted by Gasteiger charge is -2.28. The molecule has 0 saturated carbocycles. The molecule has 0 aliphatic rings. The molecule has 1 aromatic carbocycles. The Morgan fingerprint density at radius 1 is 1.11 bits per heavy atom. The number of benzene rings is 1. The Balaban J connectivity index is 2.65. The molecule has 18 heavy (non-hydrogen) atoms. The average molecular weight is 251 g/mol. The molecule has 0 radical (unpaired) electrons. The van der Waals surface area contributed by atoms with Crippen molar-refractivity contribution in [3.05, 3.63) is 35.6 Å². The zero-order valence-electron chi connectivity index (χ0n) is 12.0. The lowest BCUT2D eigenvalue weighted by Crippen LogP contribution is -2.37. The molecule has 2 heteroatoms. The molecule has 1 rings (SSSR count). The van der Waals surface area contributed by atoms with Crippen molar-refractivity contribution in [2.24, 2.45) is 11.8 Å². The van der Waals surface area contributed by atoms with Crippen LogP contribution >= 0.6 is 0 Å². The van der Waals surface area contributed by atoms with E-state index in [4.69, 9.17) is 0 Å². The van der Waals surface area contributed by atoms with Gasteiger partial charge in [0.2, 0.25) is 0 Å². The van der Waals surface area contributed by atoms with Gasteiger partial charge in [-0.3, -0.25) is 0 Å². The van der Waals surface area contributed by atoms with Gasteiger partial charge in [-0.2, -0.15) is 0 Å². The van der Waals surface area contributed by atoms with Crippen LogP contribution in [0.1, 0.15) is 39.7 Å². The zero-order chi connectivity index (χ0) is 13.5. The van der Waals surface area contributed by atoms with Crippen molar-refractivity contribution in [1.82, 2.24) is 5.32 Å². The van der Waals surface area contributed by atoms with Crippen LogP contribution in [0.15, 0.2) is 24.3 Å². The maximum atomic E-state index is 12.9. The van der Waals surface area contributed by atoms with Crippen LogP contribution in [0.4, 0.5) is 4.39 Å². The number of rotatable bonds is 7. The monoisotopic (exact) mass is 251 g/mol. The van der Waals surface area contributed by atoms with E-state index in [0.29, 0.717) is 17.9 Å². The minimum Gasteiger partial charge on any atom is -0.314 e. The fourth-order valence-electron chi connectivity index (χ4n) is 2.41. The molecule has 1 N–H and O–H groups in total. The second-order valence-corrected chi connectivity index (χ2v) is 5.48. The van der Waals surface area contributed by atoms with Crippen LogP contribution in [0.2, 0.25) is 0 Å². The second-order valence-electron chi connectivity index (χ2n) is 5.48. The highest BCUT2D eigenvalue weighted by Crippen LogP contribution is 2.21. The fourth-order valence-corrected chi connectivity index (χ4v) is 2.41. The Labute approximate surface area is 111 Å². The van der Waals surface area contributed by atoms with E-state index < -0.39 is 0 Å². The van der Waals surface area contributed by atoms with Crippen LogP contribution < -0.4 is 5.32 Å². The van der Waals surface area contributed by atoms with E-state index in [1.807, 2.05) is 12.1 Å². The van der Waals surface area contributed by atoms with Crippen LogP contribution in [0.5, 0.6) is 0 Å². The first-order valence-electron chi connectivity index (χ1n) is 7.02. The van der Waals surface area contributed by atoms with E-state index in [1.54, 1.807) is 12.1 Å². The second kappa shape index (κ2) is 7.52. The third-order valence-electron chi connectivity index (χ3n) is 3.60. The van der Waals surface area contributed by atoms with Crippen molar-refractivity contribution in [2.45, 2.75) is 46.6 Å². The van der Waals surface area contributed by atoms with E-state index in [1.165, 1.54) is 5.56 Å². The summed E-state index contributed by atoms with van der Waals surface area (Å²) < 4.78 is 12.9. The molecule has 0 heterocycles. The van der Waals surface area contributed by atoms with Gasteiger partial charge in [0, 0.05) is 6.04 Å². The molecule has 102 valence electrons. The molecular formula is C16H26FN. The normalized spacial score (nSPS) is 14.8. The first kappa shape index (κ1) is 15.2. The first-order chi connectivity index (χ1) is 8.54. The summed E-state index contributed by atoms with van der Waals surface area (Å²) in [6.07, 6.45) is 2.17. The van der Waals surface area contributed by atoms with Gasteiger partial charge in [0.25, 0.3) is 0 Å². The Bertz CT molecular complexity index is 331. The van der Waals surface area contributed by atoms with Crippen LogP contribution in [-0.2, 0) is 6.42 Å². The lowest BCUT2D eigenvalue weighted by molar-refractivity contribution is 0.289. The van der Waals surface area contributed by atoms with Gasteiger partial charge in [0.15, 0.2) is 0 Å². The molecule has 0 spiro atoms. The van der Waals surface area contributed by atoms with Gasteiger partial charge in [-0.05, 0) is 55.8 Å². The number of hydrogen-bond acceptors (Lipinski definition) is 1. The summed E-state index contributed by atoms with van der Waals surface area (Å²) >= 11 is 0. The number of halogens is 1. The van der Waals surface area contributed by atoms with Crippen molar-refractivity contribution in [1.29, 1.82) is 0 Å². The predicted molar refractivity (Wildman–Crippen MR) is 76.2 cm³/mol. The molecule has 2 unspecified atom stereocenters. The van der Waals surface area contributed by atoms with E-state index in [9.17, 15) is 4.39 Å². The molecule has 1 aromatic rings. The van der Waals surface area contributed by atoms with E-state index in [0.717, 1.165) is 19.4 Å². The van der Waals surface area contributed by atoms with Gasteiger partial charge in [-0.25, -0.2) is 4.39 Å². The highest BCUT2D eigenvalue weighted by atomic mass is 19.1. The number of hydrogen-bond donors (Lipinski definition) is 1. The van der Waals surface area contributed by atoms with Crippen LogP contribution in [0.3, 0.4) is 0 Å². The smallest absolute Gasteiger partial charge is 0.123 e. The Morgan fingerprint density at radius 3 is 2.22 bits per heavy atom. The van der Waals surface area contributed by atoms with Gasteiger partial charge in [-0.15, -0.1) is 0 Å². The molecule has 0 aliphatic heterocycles. The first-order valence-corrected chi connectivity index (χ1v) is 7.02. The minimum atomic E-state index is -0.156. The number of nitrogens with one attached hydrogen (secondary N) is 1. The summed E-state index contributed by atoms with van der Waals surface area (Å²) in [4.78, 5) is 0. The highest BCUT2D eigenvalue weighted by molar-refractivity contribution is 5.17. The lowest BCUT2D eigenvalue weighted by atomic mass is 9.84. The maximum absolute atomic E-state index is 12.9. The van der Waals surface area contributed by atoms with Crippen molar-refractivity contribution in [3.8, 4) is 0 Å². The molecule has 1 nitrogen and oxygen atoms in total. The van der Waals surface area contributed by atoms with E-state index >= 15 is 0 Å². The van der Waals surface area contributed by atoms with Crippen molar-refractivity contribution in [2.75, 3.05) is 6.54 Å². The van der Waals surface area contributed by atoms with Gasteiger partial charge in [0.1, 0.15) is 5.82 Å². The Kier molecular flexibility index (Phi) is 6.34. The van der Waals surface area contributed by atoms with Crippen molar-refractivity contribution < 1.29 is 4.39 Å². The Hall–Kier alpha value is -0.890. The van der Waals surface area contributed by atoms with Crippen LogP contribution in [0, 0.1) is 17.7 Å². The largest absolute Gasteiger partial charge is 0.314 e. The van der Waals surface area contributed by atoms with Crippen molar-refractivity contribution >= 4 is 0 Å². The average Bonchev–Trinajstić information content (AvgIpc) is 2.34. The van der Waals surface area contributed by atoms with E-state index in [2.05, 4.69) is 33.0 Å². The van der Waals surface area contributed by atoms with Crippen molar-refractivity contribution in [3.63, 3.8) is 0 Å². The minimum absolute atomic E-state index is 0.156. The van der Waals surface area contributed by atoms with Gasteiger partial charge in [0.05, 0.1) is 0 Å². The summed E-state index contributed by atoms with van der Waals surface area (Å²) in [6, 6.07) is 7.40. The van der Waals surface area contributed by atoms with Crippen LogP contribution in [-0.4, -0.2) is 12.6 Å². The predicted octanol–water partition coefficient (Wildman–Crippen LogP) is 4.03. The van der Waals surface area contributed by atoms with Crippen LogP contribution in [0.25, 0.3) is 0 Å². The highest BCUT2D eigenvalue weighted by Gasteiger charge is 2.20. The molecule has 0 fully saturated rings. The van der Waals surface area contributed by atoms with E-state index in [-0.39, 0.29) is 5.82 Å². The molecule has 0 bridgehead atoms. The molecular weight excluding hydrogens is 225 g/mol. The molecule has 0 saturated heterocycles. The zero-order valence-corrected chi connectivity index (χ0v) is 12.0. The summed E-state index contributed by atoms with van der Waals surface area (Å²) in [6.45, 7) is 10.0. The molecule has 2 atom stereocenters. The Morgan fingerprint density at radius 2 is 1.72 bits per heavy atom. The third kappa shape index (κ3) is 4.77. The van der Waals surface area contributed by atoms with Gasteiger partial charge < -0.3 is 5.32 Å². The summed E-state index contributed by atoms with van der Waals surface area (Å²) in [5.41, 5.74) is 1.22. The van der Waals surface area contributed by atoms with Gasteiger partial charge >= 0.3 is 0 Å². The summed E-state index contributed by atoms with van der Waals surface area (Å²) in [5.74, 6) is 1.05.